The minimum absolute atomic E-state index is 0.0338. The number of hydrogen-bond acceptors (Lipinski definition) is 8. The summed E-state index contributed by atoms with van der Waals surface area (Å²) in [5.41, 5.74) is 0.0230. The van der Waals surface area contributed by atoms with Crippen molar-refractivity contribution in [2.24, 2.45) is 0 Å². The monoisotopic (exact) mass is 410 g/mol. The minimum Gasteiger partial charge on any atom is -0.493 e. The highest BCUT2D eigenvalue weighted by atomic mass is 16.6. The van der Waals surface area contributed by atoms with E-state index in [4.69, 9.17) is 13.9 Å². The van der Waals surface area contributed by atoms with E-state index in [-0.39, 0.29) is 28.5 Å². The molecule has 1 aromatic heterocycles. The van der Waals surface area contributed by atoms with Crippen molar-refractivity contribution in [2.75, 3.05) is 7.11 Å². The van der Waals surface area contributed by atoms with Crippen LogP contribution >= 0.6 is 0 Å². The lowest BCUT2D eigenvalue weighted by atomic mass is 10.1. The third-order valence-electron chi connectivity index (χ3n) is 3.99. The summed E-state index contributed by atoms with van der Waals surface area (Å²) in [5, 5.41) is 22.1. The summed E-state index contributed by atoms with van der Waals surface area (Å²) >= 11 is 0. The minimum atomic E-state index is -0.700. The van der Waals surface area contributed by atoms with Gasteiger partial charge in [-0.05, 0) is 42.0 Å². The molecule has 1 heterocycles. The molecule has 10 nitrogen and oxygen atoms in total. The van der Waals surface area contributed by atoms with E-state index in [1.807, 2.05) is 0 Å². The van der Waals surface area contributed by atoms with Gasteiger partial charge in [-0.1, -0.05) is 12.1 Å². The maximum Gasteiger partial charge on any atom is 0.379 e. The summed E-state index contributed by atoms with van der Waals surface area (Å²) in [6, 6.07) is 11.1. The molecule has 0 saturated heterocycles. The second kappa shape index (κ2) is 8.69. The van der Waals surface area contributed by atoms with E-state index in [1.165, 1.54) is 43.7 Å². The van der Waals surface area contributed by atoms with Crippen LogP contribution < -0.4 is 9.47 Å². The van der Waals surface area contributed by atoms with Gasteiger partial charge in [-0.2, -0.15) is 0 Å². The van der Waals surface area contributed by atoms with Gasteiger partial charge in [0, 0.05) is 6.07 Å². The Kier molecular flexibility index (Phi) is 5.87. The highest BCUT2D eigenvalue weighted by molar-refractivity contribution is 5.88. The van der Waals surface area contributed by atoms with Crippen LogP contribution in [0, 0.1) is 20.2 Å². The Labute approximate surface area is 169 Å². The Hall–Kier alpha value is -4.47. The number of esters is 1. The van der Waals surface area contributed by atoms with Crippen molar-refractivity contribution in [3.8, 4) is 11.5 Å². The molecule has 0 atom stereocenters. The number of carbonyl (C=O) groups is 1. The molecule has 2 aromatic carbocycles. The second-order valence-electron chi connectivity index (χ2n) is 5.87. The van der Waals surface area contributed by atoms with Crippen molar-refractivity contribution in [1.29, 1.82) is 0 Å². The topological polar surface area (TPSA) is 135 Å². The fourth-order valence-corrected chi connectivity index (χ4v) is 2.55. The van der Waals surface area contributed by atoms with Gasteiger partial charge in [-0.25, -0.2) is 4.79 Å². The first-order valence-electron chi connectivity index (χ1n) is 8.43. The van der Waals surface area contributed by atoms with E-state index in [1.54, 1.807) is 24.3 Å². The van der Waals surface area contributed by atoms with Gasteiger partial charge in [0.25, 0.3) is 11.4 Å². The van der Waals surface area contributed by atoms with E-state index in [0.717, 1.165) is 6.07 Å². The van der Waals surface area contributed by atoms with Crippen LogP contribution in [-0.4, -0.2) is 22.9 Å². The number of non-ortho nitro benzene ring substituents is 1. The van der Waals surface area contributed by atoms with Crippen molar-refractivity contribution in [3.63, 3.8) is 0 Å². The van der Waals surface area contributed by atoms with E-state index >= 15 is 0 Å². The zero-order chi connectivity index (χ0) is 21.7. The first-order valence-corrected chi connectivity index (χ1v) is 8.43. The molecule has 10 heteroatoms. The molecule has 3 aromatic rings. The fraction of sp³-hybridized carbons (Fsp3) is 0.0500. The predicted molar refractivity (Wildman–Crippen MR) is 105 cm³/mol. The molecule has 3 rings (SSSR count). The average molecular weight is 410 g/mol. The van der Waals surface area contributed by atoms with Gasteiger partial charge in [0.2, 0.25) is 5.76 Å². The largest absolute Gasteiger partial charge is 0.493 e. The number of rotatable bonds is 7. The molecule has 0 radical (unpaired) electrons. The second-order valence-corrected chi connectivity index (χ2v) is 5.87. The van der Waals surface area contributed by atoms with Gasteiger partial charge in [0.15, 0.2) is 11.5 Å². The lowest BCUT2D eigenvalue weighted by Gasteiger charge is -2.09. The Morgan fingerprint density at radius 1 is 1.00 bits per heavy atom. The highest BCUT2D eigenvalue weighted by Gasteiger charge is 2.18. The Balaban J connectivity index is 1.85. The zero-order valence-electron chi connectivity index (χ0n) is 15.5. The highest BCUT2D eigenvalue weighted by Crippen LogP contribution is 2.31. The summed E-state index contributed by atoms with van der Waals surface area (Å²) in [7, 11) is 1.40. The van der Waals surface area contributed by atoms with Crippen LogP contribution in [0.25, 0.3) is 12.2 Å². The summed E-state index contributed by atoms with van der Waals surface area (Å²) in [6.07, 6.45) is 4.36. The van der Waals surface area contributed by atoms with Crippen molar-refractivity contribution in [2.45, 2.75) is 0 Å². The molecule has 30 heavy (non-hydrogen) atoms. The van der Waals surface area contributed by atoms with Crippen molar-refractivity contribution >= 4 is 29.5 Å². The van der Waals surface area contributed by atoms with Crippen LogP contribution in [0.2, 0.25) is 0 Å². The van der Waals surface area contributed by atoms with Gasteiger partial charge >= 0.3 is 5.97 Å². The molecule has 152 valence electrons. The lowest BCUT2D eigenvalue weighted by Crippen LogP contribution is -2.08. The molecule has 0 bridgehead atoms. The molecule has 0 aliphatic rings. The van der Waals surface area contributed by atoms with E-state index in [2.05, 4.69) is 0 Å². The van der Waals surface area contributed by atoms with E-state index in [0.29, 0.717) is 5.56 Å². The molecule has 0 N–H and O–H groups in total. The number of methoxy groups -OCH3 is 1. The maximum atomic E-state index is 12.0. The standard InChI is InChI=1S/C20H14N2O8/c1-28-19-11-13(5-9-17(19)30-20(23)18-3-2-10-29-18)4-6-14-7-8-15(21(24)25)12-16(14)22(26)27/h2-12H,1H3/b6-4+. The quantitative estimate of drug-likeness (QED) is 0.183. The summed E-state index contributed by atoms with van der Waals surface area (Å²) in [5.74, 6) is -0.234. The third-order valence-corrected chi connectivity index (χ3v) is 3.99. The normalized spacial score (nSPS) is 10.7. The first kappa shape index (κ1) is 20.3. The average Bonchev–Trinajstić information content (AvgIpc) is 3.27. The summed E-state index contributed by atoms with van der Waals surface area (Å²) in [6.45, 7) is 0. The predicted octanol–water partition coefficient (Wildman–Crippen LogP) is 4.49. The number of hydrogen-bond donors (Lipinski definition) is 0. The third kappa shape index (κ3) is 4.50. The maximum absolute atomic E-state index is 12.0. The Morgan fingerprint density at radius 3 is 2.43 bits per heavy atom. The number of nitrogens with zero attached hydrogens (tertiary/aromatic N) is 2. The summed E-state index contributed by atoms with van der Waals surface area (Å²) < 4.78 is 15.5. The van der Waals surface area contributed by atoms with Crippen LogP contribution in [0.4, 0.5) is 11.4 Å². The van der Waals surface area contributed by atoms with Crippen molar-refractivity contribution in [3.05, 3.63) is 91.9 Å². The fourth-order valence-electron chi connectivity index (χ4n) is 2.55. The van der Waals surface area contributed by atoms with Gasteiger partial charge in [-0.3, -0.25) is 20.2 Å². The van der Waals surface area contributed by atoms with E-state index < -0.39 is 21.5 Å². The van der Waals surface area contributed by atoms with Crippen molar-refractivity contribution in [1.82, 2.24) is 0 Å². The van der Waals surface area contributed by atoms with Gasteiger partial charge in [0.1, 0.15) is 0 Å². The zero-order valence-corrected chi connectivity index (χ0v) is 15.5. The first-order chi connectivity index (χ1) is 14.4. The number of benzene rings is 2. The molecule has 0 saturated carbocycles. The number of carbonyl (C=O) groups excluding carboxylic acids is 1. The molecule has 0 aliphatic carbocycles. The Bertz CT molecular complexity index is 1140. The number of furan rings is 1. The molecular formula is C20H14N2O8. The molecule has 0 spiro atoms. The molecule has 0 fully saturated rings. The number of nitro groups is 2. The van der Waals surface area contributed by atoms with Gasteiger partial charge in [0.05, 0.1) is 34.8 Å². The smallest absolute Gasteiger partial charge is 0.379 e. The van der Waals surface area contributed by atoms with Crippen LogP contribution in [0.3, 0.4) is 0 Å². The van der Waals surface area contributed by atoms with E-state index in [9.17, 15) is 25.0 Å². The van der Waals surface area contributed by atoms with Crippen LogP contribution in [-0.2, 0) is 0 Å². The van der Waals surface area contributed by atoms with Gasteiger partial charge in [-0.15, -0.1) is 0 Å². The SMILES string of the molecule is COc1cc(/C=C/c2ccc([N+](=O)[O-])cc2[N+](=O)[O-])ccc1OC(=O)c1ccco1. The van der Waals surface area contributed by atoms with Crippen LogP contribution in [0.1, 0.15) is 21.7 Å². The lowest BCUT2D eigenvalue weighted by molar-refractivity contribution is -0.394. The molecule has 0 amide bonds. The Morgan fingerprint density at radius 2 is 1.80 bits per heavy atom. The van der Waals surface area contributed by atoms with Gasteiger partial charge < -0.3 is 13.9 Å². The van der Waals surface area contributed by atoms with Crippen LogP contribution in [0.5, 0.6) is 11.5 Å². The molecule has 0 unspecified atom stereocenters. The van der Waals surface area contributed by atoms with Crippen molar-refractivity contribution < 1.29 is 28.5 Å². The number of nitro benzene ring substituents is 2. The molecular weight excluding hydrogens is 396 g/mol. The molecule has 0 aliphatic heterocycles. The summed E-state index contributed by atoms with van der Waals surface area (Å²) in [4.78, 5) is 32.7. The number of ether oxygens (including phenoxy) is 2. The van der Waals surface area contributed by atoms with Crippen LogP contribution in [0.15, 0.2) is 59.2 Å².